The first-order valence-electron chi connectivity index (χ1n) is 7.04. The van der Waals surface area contributed by atoms with E-state index in [2.05, 4.69) is 11.4 Å². The molecule has 5 heteroatoms. The molecule has 3 rings (SSSR count). The van der Waals surface area contributed by atoms with Crippen LogP contribution in [0.25, 0.3) is 10.4 Å². The molecule has 1 aromatic carbocycles. The standard InChI is InChI=1S/C16H18N2O2S/c1-12-11-18(8-9-20-12)16(19)17-14-6-3-2-5-13(14)15-7-4-10-21-15/h2-7,10,12H,8-9,11H2,1H3,(H,17,19)/t12-/m1/s1. The molecule has 1 atom stereocenters. The molecular weight excluding hydrogens is 284 g/mol. The number of ether oxygens (including phenoxy) is 1. The molecule has 0 spiro atoms. The first kappa shape index (κ1) is 14.1. The second-order valence-electron chi connectivity index (χ2n) is 5.08. The molecule has 1 saturated heterocycles. The van der Waals surface area contributed by atoms with Gasteiger partial charge in [-0.1, -0.05) is 24.3 Å². The smallest absolute Gasteiger partial charge is 0.322 e. The fourth-order valence-electron chi connectivity index (χ4n) is 2.44. The second kappa shape index (κ2) is 6.28. The van der Waals surface area contributed by atoms with Gasteiger partial charge in [0.05, 0.1) is 18.4 Å². The Bertz CT molecular complexity index is 612. The summed E-state index contributed by atoms with van der Waals surface area (Å²) in [6.07, 6.45) is 0.0945. The molecule has 1 N–H and O–H groups in total. The lowest BCUT2D eigenvalue weighted by molar-refractivity contribution is -0.00138. The first-order valence-corrected chi connectivity index (χ1v) is 7.92. The molecule has 1 aliphatic rings. The van der Waals surface area contributed by atoms with E-state index < -0.39 is 0 Å². The first-order chi connectivity index (χ1) is 10.2. The molecule has 4 nitrogen and oxygen atoms in total. The van der Waals surface area contributed by atoms with Crippen molar-refractivity contribution in [3.63, 3.8) is 0 Å². The molecule has 0 saturated carbocycles. The van der Waals surface area contributed by atoms with Gasteiger partial charge in [0.2, 0.25) is 0 Å². The molecule has 1 aliphatic heterocycles. The number of urea groups is 1. The molecule has 0 bridgehead atoms. The molecule has 1 fully saturated rings. The number of thiophene rings is 1. The minimum absolute atomic E-state index is 0.0610. The minimum Gasteiger partial charge on any atom is -0.375 e. The number of hydrogen-bond donors (Lipinski definition) is 1. The predicted molar refractivity (Wildman–Crippen MR) is 85.8 cm³/mol. The number of benzene rings is 1. The van der Waals surface area contributed by atoms with Crippen LogP contribution in [-0.2, 0) is 4.74 Å². The van der Waals surface area contributed by atoms with E-state index in [0.717, 1.165) is 16.1 Å². The Morgan fingerprint density at radius 3 is 2.95 bits per heavy atom. The van der Waals surface area contributed by atoms with E-state index in [1.165, 1.54) is 0 Å². The Morgan fingerprint density at radius 1 is 1.33 bits per heavy atom. The van der Waals surface area contributed by atoms with Gasteiger partial charge in [-0.25, -0.2) is 4.79 Å². The maximum atomic E-state index is 12.4. The largest absolute Gasteiger partial charge is 0.375 e. The van der Waals surface area contributed by atoms with Crippen LogP contribution in [0.1, 0.15) is 6.92 Å². The number of hydrogen-bond acceptors (Lipinski definition) is 3. The lowest BCUT2D eigenvalue weighted by atomic mass is 10.1. The summed E-state index contributed by atoms with van der Waals surface area (Å²) in [6.45, 7) is 3.85. The van der Waals surface area contributed by atoms with Gasteiger partial charge in [0.1, 0.15) is 0 Å². The van der Waals surface area contributed by atoms with Crippen molar-refractivity contribution < 1.29 is 9.53 Å². The number of carbonyl (C=O) groups is 1. The van der Waals surface area contributed by atoms with Crippen LogP contribution in [0.3, 0.4) is 0 Å². The Balaban J connectivity index is 1.77. The van der Waals surface area contributed by atoms with Crippen molar-refractivity contribution in [2.24, 2.45) is 0 Å². The predicted octanol–water partition coefficient (Wildman–Crippen LogP) is 3.67. The van der Waals surface area contributed by atoms with Gasteiger partial charge in [0, 0.05) is 23.5 Å². The molecule has 2 amide bonds. The number of nitrogens with zero attached hydrogens (tertiary/aromatic N) is 1. The number of rotatable bonds is 2. The van der Waals surface area contributed by atoms with Crippen molar-refractivity contribution in [3.05, 3.63) is 41.8 Å². The normalized spacial score (nSPS) is 18.5. The summed E-state index contributed by atoms with van der Waals surface area (Å²) in [5.74, 6) is 0. The SMILES string of the molecule is C[C@@H]1CN(C(=O)Nc2ccccc2-c2cccs2)CCO1. The Hall–Kier alpha value is -1.85. The zero-order valence-electron chi connectivity index (χ0n) is 11.9. The van der Waals surface area contributed by atoms with E-state index in [1.54, 1.807) is 16.2 Å². The summed E-state index contributed by atoms with van der Waals surface area (Å²) in [6, 6.07) is 11.9. The van der Waals surface area contributed by atoms with Crippen molar-refractivity contribution in [1.29, 1.82) is 0 Å². The number of carbonyl (C=O) groups excluding carboxylic acids is 1. The van der Waals surface area contributed by atoms with Gasteiger partial charge in [-0.05, 0) is 24.4 Å². The number of para-hydroxylation sites is 1. The van der Waals surface area contributed by atoms with Crippen LogP contribution in [0, 0.1) is 0 Å². The summed E-state index contributed by atoms with van der Waals surface area (Å²) in [7, 11) is 0. The highest BCUT2D eigenvalue weighted by molar-refractivity contribution is 7.13. The van der Waals surface area contributed by atoms with Gasteiger partial charge in [-0.2, -0.15) is 0 Å². The summed E-state index contributed by atoms with van der Waals surface area (Å²) in [4.78, 5) is 15.4. The summed E-state index contributed by atoms with van der Waals surface area (Å²) >= 11 is 1.67. The average molecular weight is 302 g/mol. The van der Waals surface area contributed by atoms with Crippen LogP contribution >= 0.6 is 11.3 Å². The third-order valence-corrected chi connectivity index (χ3v) is 4.39. The molecule has 0 radical (unpaired) electrons. The highest BCUT2D eigenvalue weighted by Gasteiger charge is 2.22. The zero-order chi connectivity index (χ0) is 14.7. The monoisotopic (exact) mass is 302 g/mol. The van der Waals surface area contributed by atoms with Crippen molar-refractivity contribution in [3.8, 4) is 10.4 Å². The fourth-order valence-corrected chi connectivity index (χ4v) is 3.20. The van der Waals surface area contributed by atoms with E-state index in [9.17, 15) is 4.79 Å². The number of amides is 2. The third kappa shape index (κ3) is 3.25. The van der Waals surface area contributed by atoms with Gasteiger partial charge in [0.15, 0.2) is 0 Å². The summed E-state index contributed by atoms with van der Waals surface area (Å²) in [5, 5.41) is 5.07. The number of nitrogens with one attached hydrogen (secondary N) is 1. The van der Waals surface area contributed by atoms with Gasteiger partial charge in [-0.15, -0.1) is 11.3 Å². The zero-order valence-corrected chi connectivity index (χ0v) is 12.7. The van der Waals surface area contributed by atoms with E-state index in [1.807, 2.05) is 42.6 Å². The number of anilines is 1. The Labute approximate surface area is 128 Å². The summed E-state index contributed by atoms with van der Waals surface area (Å²) in [5.41, 5.74) is 1.91. The topological polar surface area (TPSA) is 41.6 Å². The van der Waals surface area contributed by atoms with Gasteiger partial charge < -0.3 is 15.0 Å². The van der Waals surface area contributed by atoms with Gasteiger partial charge >= 0.3 is 6.03 Å². The van der Waals surface area contributed by atoms with Gasteiger partial charge in [-0.3, -0.25) is 0 Å². The fraction of sp³-hybridized carbons (Fsp3) is 0.312. The van der Waals surface area contributed by atoms with Crippen LogP contribution in [0.15, 0.2) is 41.8 Å². The van der Waals surface area contributed by atoms with E-state index in [-0.39, 0.29) is 12.1 Å². The molecule has 0 aliphatic carbocycles. The lowest BCUT2D eigenvalue weighted by Crippen LogP contribution is -2.46. The number of morpholine rings is 1. The molecule has 2 aromatic rings. The van der Waals surface area contributed by atoms with E-state index in [4.69, 9.17) is 4.74 Å². The Kier molecular flexibility index (Phi) is 4.22. The highest BCUT2D eigenvalue weighted by atomic mass is 32.1. The van der Waals surface area contributed by atoms with Crippen LogP contribution in [0.4, 0.5) is 10.5 Å². The van der Waals surface area contributed by atoms with Gasteiger partial charge in [0.25, 0.3) is 0 Å². The molecule has 1 aromatic heterocycles. The van der Waals surface area contributed by atoms with Crippen molar-refractivity contribution in [2.75, 3.05) is 25.0 Å². The van der Waals surface area contributed by atoms with Crippen LogP contribution in [0.5, 0.6) is 0 Å². The Morgan fingerprint density at radius 2 is 2.19 bits per heavy atom. The van der Waals surface area contributed by atoms with Crippen molar-refractivity contribution in [1.82, 2.24) is 4.90 Å². The lowest BCUT2D eigenvalue weighted by Gasteiger charge is -2.31. The quantitative estimate of drug-likeness (QED) is 0.919. The van der Waals surface area contributed by atoms with Crippen LogP contribution < -0.4 is 5.32 Å². The minimum atomic E-state index is -0.0610. The van der Waals surface area contributed by atoms with Crippen molar-refractivity contribution in [2.45, 2.75) is 13.0 Å². The van der Waals surface area contributed by atoms with Crippen molar-refractivity contribution >= 4 is 23.1 Å². The van der Waals surface area contributed by atoms with Crippen LogP contribution in [-0.4, -0.2) is 36.7 Å². The van der Waals surface area contributed by atoms with E-state index in [0.29, 0.717) is 19.7 Å². The maximum absolute atomic E-state index is 12.4. The molecule has 0 unspecified atom stereocenters. The van der Waals surface area contributed by atoms with Crippen LogP contribution in [0.2, 0.25) is 0 Å². The molecular formula is C16H18N2O2S. The molecule has 110 valence electrons. The molecule has 2 heterocycles. The molecule has 21 heavy (non-hydrogen) atoms. The average Bonchev–Trinajstić information content (AvgIpc) is 3.02. The maximum Gasteiger partial charge on any atom is 0.322 e. The van der Waals surface area contributed by atoms with E-state index >= 15 is 0 Å². The highest BCUT2D eigenvalue weighted by Crippen LogP contribution is 2.31. The summed E-state index contributed by atoms with van der Waals surface area (Å²) < 4.78 is 5.47. The second-order valence-corrected chi connectivity index (χ2v) is 6.03. The third-order valence-electron chi connectivity index (χ3n) is 3.48.